The second-order valence-electron chi connectivity index (χ2n) is 7.96. The highest BCUT2D eigenvalue weighted by Crippen LogP contribution is 2.34. The molecule has 3 heterocycles. The summed E-state index contributed by atoms with van der Waals surface area (Å²) in [6, 6.07) is 20.7. The number of hydrogen-bond acceptors (Lipinski definition) is 4. The molecule has 2 aromatic carbocycles. The molecule has 4 nitrogen and oxygen atoms in total. The van der Waals surface area contributed by atoms with Gasteiger partial charge in [-0.2, -0.15) is 0 Å². The minimum Gasteiger partial charge on any atom is -0.378 e. The molecule has 2 fully saturated rings. The SMILES string of the molecule is C1=C(c2ccc(N3CCOCC3)cc2)CC2COCC1N2Cc1ccccc1. The molecule has 0 aliphatic carbocycles. The predicted octanol–water partition coefficient (Wildman–Crippen LogP) is 3.58. The van der Waals surface area contributed by atoms with Crippen molar-refractivity contribution in [1.82, 2.24) is 4.90 Å². The van der Waals surface area contributed by atoms with Gasteiger partial charge in [-0.1, -0.05) is 48.5 Å². The largest absolute Gasteiger partial charge is 0.378 e. The Labute approximate surface area is 167 Å². The van der Waals surface area contributed by atoms with Gasteiger partial charge in [-0.15, -0.1) is 0 Å². The van der Waals surface area contributed by atoms with Crippen molar-refractivity contribution in [3.05, 3.63) is 71.8 Å². The van der Waals surface area contributed by atoms with E-state index < -0.39 is 0 Å². The van der Waals surface area contributed by atoms with Gasteiger partial charge in [-0.05, 0) is 35.3 Å². The van der Waals surface area contributed by atoms with Crippen LogP contribution in [-0.4, -0.2) is 56.5 Å². The lowest BCUT2D eigenvalue weighted by molar-refractivity contribution is -0.0402. The highest BCUT2D eigenvalue weighted by atomic mass is 16.5. The topological polar surface area (TPSA) is 24.9 Å². The van der Waals surface area contributed by atoms with Crippen molar-refractivity contribution >= 4 is 11.3 Å². The van der Waals surface area contributed by atoms with Crippen molar-refractivity contribution in [3.8, 4) is 0 Å². The summed E-state index contributed by atoms with van der Waals surface area (Å²) in [5.74, 6) is 0. The van der Waals surface area contributed by atoms with Crippen LogP contribution in [0.25, 0.3) is 5.57 Å². The predicted molar refractivity (Wildman–Crippen MR) is 112 cm³/mol. The van der Waals surface area contributed by atoms with E-state index in [9.17, 15) is 0 Å². The third-order valence-corrected chi connectivity index (χ3v) is 6.17. The van der Waals surface area contributed by atoms with Crippen LogP contribution in [0.4, 0.5) is 5.69 Å². The first kappa shape index (κ1) is 17.9. The molecule has 0 N–H and O–H groups in total. The maximum absolute atomic E-state index is 5.88. The Morgan fingerprint density at radius 2 is 1.64 bits per heavy atom. The highest BCUT2D eigenvalue weighted by molar-refractivity contribution is 5.69. The van der Waals surface area contributed by atoms with Crippen LogP contribution in [0.5, 0.6) is 0 Å². The zero-order valence-electron chi connectivity index (χ0n) is 16.3. The molecule has 0 amide bonds. The minimum atomic E-state index is 0.363. The number of ether oxygens (including phenoxy) is 2. The summed E-state index contributed by atoms with van der Waals surface area (Å²) < 4.78 is 11.4. The number of morpholine rings is 2. The third kappa shape index (κ3) is 3.72. The van der Waals surface area contributed by atoms with Gasteiger partial charge in [-0.25, -0.2) is 0 Å². The molecular weight excluding hydrogens is 348 g/mol. The van der Waals surface area contributed by atoms with E-state index in [0.717, 1.165) is 52.5 Å². The van der Waals surface area contributed by atoms with Gasteiger partial charge in [0, 0.05) is 31.4 Å². The van der Waals surface area contributed by atoms with Crippen LogP contribution in [0.1, 0.15) is 17.5 Å². The Balaban J connectivity index is 1.33. The van der Waals surface area contributed by atoms with Crippen molar-refractivity contribution in [2.45, 2.75) is 25.0 Å². The van der Waals surface area contributed by atoms with E-state index >= 15 is 0 Å². The summed E-state index contributed by atoms with van der Waals surface area (Å²) in [6.45, 7) is 6.24. The number of anilines is 1. The lowest BCUT2D eigenvalue weighted by Crippen LogP contribution is -2.53. The summed E-state index contributed by atoms with van der Waals surface area (Å²) in [6.07, 6.45) is 3.49. The van der Waals surface area contributed by atoms with Gasteiger partial charge >= 0.3 is 0 Å². The zero-order chi connectivity index (χ0) is 18.8. The number of hydrogen-bond donors (Lipinski definition) is 0. The van der Waals surface area contributed by atoms with Crippen LogP contribution >= 0.6 is 0 Å². The van der Waals surface area contributed by atoms with Gasteiger partial charge < -0.3 is 14.4 Å². The molecule has 3 aliphatic heterocycles. The smallest absolute Gasteiger partial charge is 0.0658 e. The van der Waals surface area contributed by atoms with Crippen LogP contribution in [0, 0.1) is 0 Å². The van der Waals surface area contributed by atoms with E-state index in [-0.39, 0.29) is 0 Å². The molecule has 2 unspecified atom stereocenters. The van der Waals surface area contributed by atoms with E-state index in [2.05, 4.69) is 70.5 Å². The molecule has 5 rings (SSSR count). The lowest BCUT2D eigenvalue weighted by Gasteiger charge is -2.45. The van der Waals surface area contributed by atoms with Gasteiger partial charge in [0.1, 0.15) is 0 Å². The van der Waals surface area contributed by atoms with Crippen molar-refractivity contribution < 1.29 is 9.47 Å². The molecule has 2 atom stereocenters. The summed E-state index contributed by atoms with van der Waals surface area (Å²) in [5.41, 5.74) is 5.51. The van der Waals surface area contributed by atoms with Crippen LogP contribution < -0.4 is 4.90 Å². The summed E-state index contributed by atoms with van der Waals surface area (Å²) in [4.78, 5) is 5.02. The summed E-state index contributed by atoms with van der Waals surface area (Å²) >= 11 is 0. The van der Waals surface area contributed by atoms with Gasteiger partial charge in [0.05, 0.1) is 32.5 Å². The average molecular weight is 377 g/mol. The van der Waals surface area contributed by atoms with Gasteiger partial charge in [0.15, 0.2) is 0 Å². The van der Waals surface area contributed by atoms with Crippen molar-refractivity contribution in [3.63, 3.8) is 0 Å². The van der Waals surface area contributed by atoms with E-state index in [1.807, 2.05) is 0 Å². The molecule has 0 saturated carbocycles. The van der Waals surface area contributed by atoms with Crippen molar-refractivity contribution in [1.29, 1.82) is 0 Å². The molecular formula is C24H28N2O2. The molecule has 2 aromatic rings. The second kappa shape index (κ2) is 8.08. The molecule has 0 spiro atoms. The van der Waals surface area contributed by atoms with E-state index in [1.54, 1.807) is 0 Å². The minimum absolute atomic E-state index is 0.363. The number of fused-ring (bicyclic) bond motifs is 2. The van der Waals surface area contributed by atoms with Crippen LogP contribution in [0.2, 0.25) is 0 Å². The summed E-state index contributed by atoms with van der Waals surface area (Å²) in [5, 5.41) is 0. The molecule has 28 heavy (non-hydrogen) atoms. The van der Waals surface area contributed by atoms with E-state index in [1.165, 1.54) is 22.4 Å². The Hall–Kier alpha value is -2.14. The van der Waals surface area contributed by atoms with Gasteiger partial charge in [-0.3, -0.25) is 4.90 Å². The monoisotopic (exact) mass is 376 g/mol. The average Bonchev–Trinajstić information content (AvgIpc) is 2.75. The van der Waals surface area contributed by atoms with Crippen LogP contribution in [0.15, 0.2) is 60.7 Å². The lowest BCUT2D eigenvalue weighted by atomic mass is 9.89. The molecule has 0 aromatic heterocycles. The fourth-order valence-electron chi connectivity index (χ4n) is 4.62. The fraction of sp³-hybridized carbons (Fsp3) is 0.417. The van der Waals surface area contributed by atoms with E-state index in [4.69, 9.17) is 9.47 Å². The van der Waals surface area contributed by atoms with Crippen molar-refractivity contribution in [2.75, 3.05) is 44.4 Å². The number of rotatable bonds is 4. The Morgan fingerprint density at radius 1 is 0.857 bits per heavy atom. The van der Waals surface area contributed by atoms with Gasteiger partial charge in [0.2, 0.25) is 0 Å². The Kier molecular flexibility index (Phi) is 5.17. The summed E-state index contributed by atoms with van der Waals surface area (Å²) in [7, 11) is 0. The molecule has 2 bridgehead atoms. The van der Waals surface area contributed by atoms with Crippen molar-refractivity contribution in [2.24, 2.45) is 0 Å². The Morgan fingerprint density at radius 3 is 2.39 bits per heavy atom. The van der Waals surface area contributed by atoms with Crippen LogP contribution in [0.3, 0.4) is 0 Å². The Bertz CT molecular complexity index is 812. The number of nitrogens with zero attached hydrogens (tertiary/aromatic N) is 2. The third-order valence-electron chi connectivity index (χ3n) is 6.17. The molecule has 0 radical (unpaired) electrons. The highest BCUT2D eigenvalue weighted by Gasteiger charge is 2.34. The maximum Gasteiger partial charge on any atom is 0.0658 e. The first-order valence-electron chi connectivity index (χ1n) is 10.4. The molecule has 2 saturated heterocycles. The van der Waals surface area contributed by atoms with Gasteiger partial charge in [0.25, 0.3) is 0 Å². The van der Waals surface area contributed by atoms with Crippen LogP contribution in [-0.2, 0) is 16.0 Å². The quantitative estimate of drug-likeness (QED) is 0.814. The normalized spacial score (nSPS) is 25.4. The molecule has 3 aliphatic rings. The first-order chi connectivity index (χ1) is 13.9. The van der Waals surface area contributed by atoms with E-state index in [0.29, 0.717) is 12.1 Å². The molecule has 146 valence electrons. The maximum atomic E-state index is 5.88. The standard InChI is InChI=1S/C24H28N2O2/c1-2-4-19(5-3-1)16-26-23-14-21(15-24(26)18-28-17-23)20-6-8-22(9-7-20)25-10-12-27-13-11-25/h1-9,14,23-24H,10-13,15-18H2. The molecule has 4 heteroatoms. The second-order valence-corrected chi connectivity index (χ2v) is 7.96. The zero-order valence-corrected chi connectivity index (χ0v) is 16.3. The first-order valence-corrected chi connectivity index (χ1v) is 10.4. The number of benzene rings is 2. The fourth-order valence-corrected chi connectivity index (χ4v) is 4.62.